The summed E-state index contributed by atoms with van der Waals surface area (Å²) in [5.74, 6) is -0.494. The minimum Gasteiger partial charge on any atom is -0.273 e. The van der Waals surface area contributed by atoms with Gasteiger partial charge in [0, 0.05) is 24.3 Å². The summed E-state index contributed by atoms with van der Waals surface area (Å²) in [5.41, 5.74) is 4.14. The van der Waals surface area contributed by atoms with Gasteiger partial charge in [0.2, 0.25) is 5.91 Å². The summed E-state index contributed by atoms with van der Waals surface area (Å²) >= 11 is 6.49. The molecule has 0 unspecified atom stereocenters. The lowest BCUT2D eigenvalue weighted by Crippen LogP contribution is -2.24. The second kappa shape index (κ2) is 6.74. The fraction of sp³-hybridized carbons (Fsp3) is 0.190. The van der Waals surface area contributed by atoms with E-state index >= 15 is 0 Å². The van der Waals surface area contributed by atoms with E-state index in [2.05, 4.69) is 10.1 Å². The first-order valence-corrected chi connectivity index (χ1v) is 9.01. The maximum atomic E-state index is 13.2. The number of aryl methyl sites for hydroxylation is 1. The van der Waals surface area contributed by atoms with Gasteiger partial charge in [-0.2, -0.15) is 5.10 Å². The van der Waals surface area contributed by atoms with Crippen molar-refractivity contribution < 1.29 is 9.18 Å². The standard InChI is InChI=1S/C21H17ClFN3O/c1-12-4-3-5-15-10-17(21(22)24-20(12)15)19-11-18(25-26(19)13(2)27)14-6-8-16(23)9-7-14/h3-10,19H,11H2,1-2H3/t19-/m1/s1. The van der Waals surface area contributed by atoms with E-state index in [0.29, 0.717) is 11.6 Å². The number of aromatic nitrogens is 1. The number of nitrogens with zero attached hydrogens (tertiary/aromatic N) is 3. The molecule has 1 aliphatic heterocycles. The van der Waals surface area contributed by atoms with E-state index in [-0.39, 0.29) is 17.8 Å². The zero-order valence-corrected chi connectivity index (χ0v) is 15.7. The quantitative estimate of drug-likeness (QED) is 0.584. The van der Waals surface area contributed by atoms with Gasteiger partial charge in [-0.15, -0.1) is 0 Å². The van der Waals surface area contributed by atoms with Crippen LogP contribution in [0.2, 0.25) is 5.15 Å². The number of fused-ring (bicyclic) bond motifs is 1. The van der Waals surface area contributed by atoms with Crippen molar-refractivity contribution in [2.45, 2.75) is 26.3 Å². The number of para-hydroxylation sites is 1. The van der Waals surface area contributed by atoms with Gasteiger partial charge in [0.1, 0.15) is 11.0 Å². The molecule has 0 spiro atoms. The molecule has 0 aliphatic carbocycles. The molecule has 0 fully saturated rings. The summed E-state index contributed by atoms with van der Waals surface area (Å²) in [4.78, 5) is 16.7. The summed E-state index contributed by atoms with van der Waals surface area (Å²) in [6, 6.07) is 13.7. The molecular formula is C21H17ClFN3O. The Morgan fingerprint density at radius 3 is 2.67 bits per heavy atom. The van der Waals surface area contributed by atoms with E-state index in [4.69, 9.17) is 11.6 Å². The summed E-state index contributed by atoms with van der Waals surface area (Å²) in [6.45, 7) is 3.45. The molecule has 27 heavy (non-hydrogen) atoms. The lowest BCUT2D eigenvalue weighted by Gasteiger charge is -2.21. The van der Waals surface area contributed by atoms with Gasteiger partial charge in [0.25, 0.3) is 0 Å². The fourth-order valence-electron chi connectivity index (χ4n) is 3.43. The third kappa shape index (κ3) is 3.19. The van der Waals surface area contributed by atoms with Crippen LogP contribution >= 0.6 is 11.6 Å². The first kappa shape index (κ1) is 17.6. The highest BCUT2D eigenvalue weighted by Crippen LogP contribution is 2.37. The van der Waals surface area contributed by atoms with Crippen molar-refractivity contribution in [1.29, 1.82) is 0 Å². The van der Waals surface area contributed by atoms with E-state index in [1.54, 1.807) is 12.1 Å². The van der Waals surface area contributed by atoms with Gasteiger partial charge in [-0.1, -0.05) is 41.9 Å². The van der Waals surface area contributed by atoms with Gasteiger partial charge >= 0.3 is 0 Å². The van der Waals surface area contributed by atoms with Crippen molar-refractivity contribution in [2.75, 3.05) is 0 Å². The molecule has 0 saturated heterocycles. The predicted molar refractivity (Wildman–Crippen MR) is 104 cm³/mol. The monoisotopic (exact) mass is 381 g/mol. The number of amides is 1. The Morgan fingerprint density at radius 2 is 1.96 bits per heavy atom. The number of benzene rings is 2. The normalized spacial score (nSPS) is 16.7. The molecule has 2 aromatic carbocycles. The minimum atomic E-state index is -0.340. The van der Waals surface area contributed by atoms with Gasteiger partial charge in [0.15, 0.2) is 0 Å². The maximum absolute atomic E-state index is 13.2. The van der Waals surface area contributed by atoms with Crippen molar-refractivity contribution in [3.05, 3.63) is 76.2 Å². The molecule has 1 aromatic heterocycles. The largest absolute Gasteiger partial charge is 0.273 e. The second-order valence-electron chi connectivity index (χ2n) is 6.65. The topological polar surface area (TPSA) is 45.6 Å². The van der Waals surface area contributed by atoms with Crippen LogP contribution < -0.4 is 0 Å². The number of hydrogen-bond acceptors (Lipinski definition) is 3. The van der Waals surface area contributed by atoms with Gasteiger partial charge in [-0.05, 0) is 36.2 Å². The molecule has 6 heteroatoms. The van der Waals surface area contributed by atoms with E-state index < -0.39 is 0 Å². The summed E-state index contributed by atoms with van der Waals surface area (Å²) in [6.07, 6.45) is 0.490. The number of hydrogen-bond donors (Lipinski definition) is 0. The number of pyridine rings is 1. The first-order valence-electron chi connectivity index (χ1n) is 8.63. The zero-order valence-electron chi connectivity index (χ0n) is 14.9. The van der Waals surface area contributed by atoms with Crippen LogP contribution in [0.25, 0.3) is 10.9 Å². The number of halogens is 2. The van der Waals surface area contributed by atoms with Crippen LogP contribution in [-0.4, -0.2) is 21.6 Å². The summed E-state index contributed by atoms with van der Waals surface area (Å²) < 4.78 is 13.2. The average Bonchev–Trinajstić information content (AvgIpc) is 3.08. The van der Waals surface area contributed by atoms with Crippen molar-refractivity contribution in [2.24, 2.45) is 5.10 Å². The van der Waals surface area contributed by atoms with E-state index in [0.717, 1.165) is 33.3 Å². The van der Waals surface area contributed by atoms with E-state index in [9.17, 15) is 9.18 Å². The van der Waals surface area contributed by atoms with Gasteiger partial charge < -0.3 is 0 Å². The molecule has 1 aliphatic rings. The maximum Gasteiger partial charge on any atom is 0.240 e. The van der Waals surface area contributed by atoms with Crippen molar-refractivity contribution >= 4 is 34.1 Å². The van der Waals surface area contributed by atoms with Crippen LogP contribution in [-0.2, 0) is 4.79 Å². The zero-order chi connectivity index (χ0) is 19.1. The fourth-order valence-corrected chi connectivity index (χ4v) is 3.70. The van der Waals surface area contributed by atoms with Crippen LogP contribution in [0.1, 0.15) is 36.1 Å². The molecule has 4 rings (SSSR count). The van der Waals surface area contributed by atoms with Crippen LogP contribution in [0, 0.1) is 12.7 Å². The van der Waals surface area contributed by atoms with Crippen molar-refractivity contribution in [3.8, 4) is 0 Å². The smallest absolute Gasteiger partial charge is 0.240 e. The highest BCUT2D eigenvalue weighted by Gasteiger charge is 2.33. The molecule has 0 N–H and O–H groups in total. The van der Waals surface area contributed by atoms with Gasteiger partial charge in [0.05, 0.1) is 17.3 Å². The predicted octanol–water partition coefficient (Wildman–Crippen LogP) is 5.03. The Hall–Kier alpha value is -2.79. The Balaban J connectivity index is 1.77. The van der Waals surface area contributed by atoms with Gasteiger partial charge in [-0.25, -0.2) is 14.4 Å². The third-order valence-corrected chi connectivity index (χ3v) is 5.10. The van der Waals surface area contributed by atoms with Crippen LogP contribution in [0.3, 0.4) is 0 Å². The Kier molecular flexibility index (Phi) is 4.40. The highest BCUT2D eigenvalue weighted by molar-refractivity contribution is 6.30. The van der Waals surface area contributed by atoms with Crippen LogP contribution in [0.5, 0.6) is 0 Å². The summed E-state index contributed by atoms with van der Waals surface area (Å²) in [7, 11) is 0. The molecule has 0 bridgehead atoms. The lowest BCUT2D eigenvalue weighted by atomic mass is 9.98. The highest BCUT2D eigenvalue weighted by atomic mass is 35.5. The van der Waals surface area contributed by atoms with Crippen molar-refractivity contribution in [3.63, 3.8) is 0 Å². The first-order chi connectivity index (χ1) is 12.9. The minimum absolute atomic E-state index is 0.183. The Bertz CT molecular complexity index is 1080. The van der Waals surface area contributed by atoms with E-state index in [1.807, 2.05) is 31.2 Å². The van der Waals surface area contributed by atoms with Gasteiger partial charge in [-0.3, -0.25) is 4.79 Å². The molecule has 4 nitrogen and oxygen atoms in total. The van der Waals surface area contributed by atoms with Crippen LogP contribution in [0.15, 0.2) is 53.6 Å². The molecule has 0 radical (unpaired) electrons. The van der Waals surface area contributed by atoms with Crippen molar-refractivity contribution in [1.82, 2.24) is 9.99 Å². The number of hydrazone groups is 1. The average molecular weight is 382 g/mol. The molecule has 3 aromatic rings. The number of carbonyl (C=O) groups is 1. The van der Waals surface area contributed by atoms with Crippen LogP contribution in [0.4, 0.5) is 4.39 Å². The SMILES string of the molecule is CC(=O)N1N=C(c2ccc(F)cc2)C[C@@H]1c1cc2cccc(C)c2nc1Cl. The number of carbonyl (C=O) groups excluding carboxylic acids is 1. The molecular weight excluding hydrogens is 365 g/mol. The Labute approximate surface area is 161 Å². The lowest BCUT2D eigenvalue weighted by molar-refractivity contribution is -0.130. The molecule has 1 amide bonds. The molecule has 0 saturated carbocycles. The second-order valence-corrected chi connectivity index (χ2v) is 7.01. The third-order valence-electron chi connectivity index (χ3n) is 4.80. The Morgan fingerprint density at radius 1 is 1.22 bits per heavy atom. The summed E-state index contributed by atoms with van der Waals surface area (Å²) in [5, 5.41) is 7.24. The molecule has 2 heterocycles. The van der Waals surface area contributed by atoms with E-state index in [1.165, 1.54) is 24.1 Å². The molecule has 1 atom stereocenters. The number of rotatable bonds is 2. The molecule has 136 valence electrons.